The summed E-state index contributed by atoms with van der Waals surface area (Å²) in [4.78, 5) is 9.83. The molecule has 1 unspecified atom stereocenters. The van der Waals surface area contributed by atoms with Gasteiger partial charge in [-0.25, -0.2) is 0 Å². The van der Waals surface area contributed by atoms with Crippen LogP contribution in [0.5, 0.6) is 5.75 Å². The van der Waals surface area contributed by atoms with Gasteiger partial charge in [0, 0.05) is 0 Å². The summed E-state index contributed by atoms with van der Waals surface area (Å²) in [5, 5.41) is 2.60. The zero-order chi connectivity index (χ0) is 19.7. The number of rotatable bonds is 4. The van der Waals surface area contributed by atoms with Crippen LogP contribution in [-0.2, 0) is 6.18 Å². The highest BCUT2D eigenvalue weighted by atomic mass is 19.4. The monoisotopic (exact) mass is 381 g/mol. The van der Waals surface area contributed by atoms with Crippen molar-refractivity contribution in [3.05, 3.63) is 35.2 Å². The highest BCUT2D eigenvalue weighted by Crippen LogP contribution is 2.30. The van der Waals surface area contributed by atoms with Crippen molar-refractivity contribution < 1.29 is 31.1 Å². The fourth-order valence-electron chi connectivity index (χ4n) is 2.04. The van der Waals surface area contributed by atoms with Crippen LogP contribution in [0.4, 0.5) is 38.2 Å². The predicted octanol–water partition coefficient (Wildman–Crippen LogP) is 3.85. The minimum Gasteiger partial charge on any atom is -0.406 e. The fourth-order valence-corrected chi connectivity index (χ4v) is 2.04. The SMILES string of the molecule is Cc1cc(C(C)Nc2nc(N)nc(C(F)(F)F)n2)ccc1OC(F)(F)F. The maximum Gasteiger partial charge on any atom is 0.573 e. The van der Waals surface area contributed by atoms with Gasteiger partial charge in [-0.15, -0.1) is 13.2 Å². The van der Waals surface area contributed by atoms with Gasteiger partial charge >= 0.3 is 12.5 Å². The van der Waals surface area contributed by atoms with Gasteiger partial charge in [0.1, 0.15) is 5.75 Å². The van der Waals surface area contributed by atoms with Crippen LogP contribution in [-0.4, -0.2) is 21.3 Å². The molecule has 0 amide bonds. The molecule has 3 N–H and O–H groups in total. The summed E-state index contributed by atoms with van der Waals surface area (Å²) >= 11 is 0. The number of alkyl halides is 6. The lowest BCUT2D eigenvalue weighted by molar-refractivity contribution is -0.274. The summed E-state index contributed by atoms with van der Waals surface area (Å²) in [6.45, 7) is 2.96. The van der Waals surface area contributed by atoms with Gasteiger partial charge in [-0.05, 0) is 31.0 Å². The lowest BCUT2D eigenvalue weighted by atomic mass is 10.1. The molecule has 0 aliphatic carbocycles. The van der Waals surface area contributed by atoms with E-state index < -0.39 is 36.3 Å². The number of aromatic nitrogens is 3. The van der Waals surface area contributed by atoms with E-state index in [1.807, 2.05) is 0 Å². The van der Waals surface area contributed by atoms with Crippen LogP contribution in [0.15, 0.2) is 18.2 Å². The predicted molar refractivity (Wildman–Crippen MR) is 79.1 cm³/mol. The summed E-state index contributed by atoms with van der Waals surface area (Å²) in [7, 11) is 0. The number of hydrogen-bond acceptors (Lipinski definition) is 6. The zero-order valence-electron chi connectivity index (χ0n) is 13.4. The van der Waals surface area contributed by atoms with E-state index in [4.69, 9.17) is 5.73 Å². The Kier molecular flexibility index (Phi) is 5.14. The molecule has 1 aromatic carbocycles. The number of ether oxygens (including phenoxy) is 1. The number of benzene rings is 1. The molecule has 1 heterocycles. The number of nitrogens with two attached hydrogens (primary N) is 1. The molecular weight excluding hydrogens is 368 g/mol. The third-order valence-corrected chi connectivity index (χ3v) is 3.18. The molecule has 0 aliphatic rings. The quantitative estimate of drug-likeness (QED) is 0.783. The lowest BCUT2D eigenvalue weighted by Gasteiger charge is -2.17. The molecule has 0 radical (unpaired) electrons. The van der Waals surface area contributed by atoms with Gasteiger partial charge in [0.05, 0.1) is 6.04 Å². The number of nitrogens with zero attached hydrogens (tertiary/aromatic N) is 3. The number of nitrogen functional groups attached to an aromatic ring is 1. The van der Waals surface area contributed by atoms with Gasteiger partial charge in [-0.2, -0.15) is 28.1 Å². The molecule has 0 aliphatic heterocycles. The third-order valence-electron chi connectivity index (χ3n) is 3.18. The minimum absolute atomic E-state index is 0.194. The summed E-state index contributed by atoms with van der Waals surface area (Å²) in [5.41, 5.74) is 5.92. The molecular formula is C14H13F6N5O. The Labute approximate surface area is 143 Å². The molecule has 0 spiro atoms. The molecule has 1 atom stereocenters. The summed E-state index contributed by atoms with van der Waals surface area (Å²) in [5.74, 6) is -2.86. The summed E-state index contributed by atoms with van der Waals surface area (Å²) in [6.07, 6.45) is -9.63. The first-order valence-corrected chi connectivity index (χ1v) is 7.07. The summed E-state index contributed by atoms with van der Waals surface area (Å²) in [6, 6.07) is 3.21. The Morgan fingerprint density at radius 1 is 1.08 bits per heavy atom. The lowest BCUT2D eigenvalue weighted by Crippen LogP contribution is -2.18. The fraction of sp³-hybridized carbons (Fsp3) is 0.357. The molecule has 1 aromatic heterocycles. The zero-order valence-corrected chi connectivity index (χ0v) is 13.4. The molecule has 6 nitrogen and oxygen atoms in total. The van der Waals surface area contributed by atoms with Crippen LogP contribution >= 0.6 is 0 Å². The second-order valence-electron chi connectivity index (χ2n) is 5.28. The summed E-state index contributed by atoms with van der Waals surface area (Å²) < 4.78 is 78.8. The molecule has 12 heteroatoms. The first kappa shape index (κ1) is 19.5. The van der Waals surface area contributed by atoms with E-state index in [0.717, 1.165) is 6.07 Å². The van der Waals surface area contributed by atoms with Crippen molar-refractivity contribution in [1.82, 2.24) is 15.0 Å². The van der Waals surface area contributed by atoms with Crippen molar-refractivity contribution >= 4 is 11.9 Å². The van der Waals surface area contributed by atoms with E-state index in [0.29, 0.717) is 5.56 Å². The standard InChI is InChI=1S/C14H13F6N5O/c1-6-5-8(3-4-9(6)26-14(18,19)20)7(2)22-12-24-10(13(15,16)17)23-11(21)25-12/h3-5,7H,1-2H3,(H3,21,22,23,24,25). The van der Waals surface area contributed by atoms with E-state index in [9.17, 15) is 26.3 Å². The average Bonchev–Trinajstić information content (AvgIpc) is 2.46. The molecule has 2 aromatic rings. The number of halogens is 6. The largest absolute Gasteiger partial charge is 0.573 e. The van der Waals surface area contributed by atoms with Crippen LogP contribution in [0.2, 0.25) is 0 Å². The van der Waals surface area contributed by atoms with Gasteiger partial charge < -0.3 is 15.8 Å². The Morgan fingerprint density at radius 3 is 2.27 bits per heavy atom. The van der Waals surface area contributed by atoms with Crippen LogP contribution in [0.25, 0.3) is 0 Å². The molecule has 2 rings (SSSR count). The van der Waals surface area contributed by atoms with Gasteiger partial charge in [0.2, 0.25) is 17.7 Å². The first-order valence-electron chi connectivity index (χ1n) is 7.07. The topological polar surface area (TPSA) is 86.0 Å². The Bertz CT molecular complexity index is 792. The Morgan fingerprint density at radius 2 is 1.73 bits per heavy atom. The first-order chi connectivity index (χ1) is 11.8. The smallest absolute Gasteiger partial charge is 0.406 e. The number of hydrogen-bond donors (Lipinski definition) is 2. The molecule has 0 fully saturated rings. The highest BCUT2D eigenvalue weighted by molar-refractivity contribution is 5.41. The van der Waals surface area contributed by atoms with Crippen molar-refractivity contribution in [2.75, 3.05) is 11.1 Å². The molecule has 0 bridgehead atoms. The van der Waals surface area contributed by atoms with E-state index in [1.54, 1.807) is 6.92 Å². The van der Waals surface area contributed by atoms with Crippen LogP contribution in [0.3, 0.4) is 0 Å². The van der Waals surface area contributed by atoms with E-state index in [1.165, 1.54) is 19.1 Å². The van der Waals surface area contributed by atoms with Crippen LogP contribution in [0.1, 0.15) is 29.9 Å². The van der Waals surface area contributed by atoms with Gasteiger partial charge in [0.15, 0.2) is 0 Å². The van der Waals surface area contributed by atoms with Crippen LogP contribution in [0, 0.1) is 6.92 Å². The minimum atomic E-state index is -4.83. The second-order valence-corrected chi connectivity index (χ2v) is 5.28. The highest BCUT2D eigenvalue weighted by Gasteiger charge is 2.36. The molecule has 142 valence electrons. The number of aryl methyl sites for hydroxylation is 1. The van der Waals surface area contributed by atoms with E-state index >= 15 is 0 Å². The third kappa shape index (κ3) is 5.10. The van der Waals surface area contributed by atoms with Crippen molar-refractivity contribution in [3.63, 3.8) is 0 Å². The van der Waals surface area contributed by atoms with Crippen LogP contribution < -0.4 is 15.8 Å². The second kappa shape index (κ2) is 6.84. The normalized spacial score (nSPS) is 13.4. The number of nitrogens with one attached hydrogen (secondary N) is 1. The maximum absolute atomic E-state index is 12.7. The van der Waals surface area contributed by atoms with Crippen molar-refractivity contribution in [2.45, 2.75) is 32.4 Å². The molecule has 26 heavy (non-hydrogen) atoms. The Hall–Kier alpha value is -2.79. The van der Waals surface area contributed by atoms with E-state index in [-0.39, 0.29) is 11.3 Å². The van der Waals surface area contributed by atoms with Crippen molar-refractivity contribution in [2.24, 2.45) is 0 Å². The molecule has 0 saturated carbocycles. The van der Waals surface area contributed by atoms with Crippen molar-refractivity contribution in [1.29, 1.82) is 0 Å². The van der Waals surface area contributed by atoms with Gasteiger partial charge in [-0.3, -0.25) is 0 Å². The Balaban J connectivity index is 2.21. The van der Waals surface area contributed by atoms with E-state index in [2.05, 4.69) is 25.0 Å². The van der Waals surface area contributed by atoms with Gasteiger partial charge in [-0.1, -0.05) is 12.1 Å². The maximum atomic E-state index is 12.7. The molecule has 0 saturated heterocycles. The average molecular weight is 381 g/mol. The van der Waals surface area contributed by atoms with Crippen molar-refractivity contribution in [3.8, 4) is 5.75 Å². The van der Waals surface area contributed by atoms with Gasteiger partial charge in [0.25, 0.3) is 0 Å². The number of anilines is 2.